The molecular formula is C16H22N2OS. The molecule has 2 fully saturated rings. The number of carbonyl (C=O) groups excluding carboxylic acids is 1. The fourth-order valence-electron chi connectivity index (χ4n) is 2.97. The van der Waals surface area contributed by atoms with E-state index in [1.54, 1.807) is 0 Å². The Morgan fingerprint density at radius 1 is 1.25 bits per heavy atom. The minimum Gasteiger partial charge on any atom is -0.319 e. The van der Waals surface area contributed by atoms with Gasteiger partial charge in [-0.25, -0.2) is 4.79 Å². The third-order valence-corrected chi connectivity index (χ3v) is 5.52. The van der Waals surface area contributed by atoms with E-state index < -0.39 is 0 Å². The third kappa shape index (κ3) is 2.95. The van der Waals surface area contributed by atoms with E-state index in [4.69, 9.17) is 0 Å². The fourth-order valence-corrected chi connectivity index (χ4v) is 4.62. The number of nitrogens with zero attached hydrogens (tertiary/aromatic N) is 2. The molecule has 0 aliphatic carbocycles. The van der Waals surface area contributed by atoms with Crippen molar-refractivity contribution in [2.24, 2.45) is 5.92 Å². The summed E-state index contributed by atoms with van der Waals surface area (Å²) < 4.78 is 0. The first-order chi connectivity index (χ1) is 9.74. The Labute approximate surface area is 125 Å². The van der Waals surface area contributed by atoms with Gasteiger partial charge in [0, 0.05) is 19.6 Å². The number of carbonyl (C=O) groups is 1. The van der Waals surface area contributed by atoms with Gasteiger partial charge in [-0.05, 0) is 30.1 Å². The minimum absolute atomic E-state index is 0.223. The Balaban J connectivity index is 1.62. The molecule has 2 heterocycles. The summed E-state index contributed by atoms with van der Waals surface area (Å²) in [5.74, 6) is 1.94. The van der Waals surface area contributed by atoms with Crippen LogP contribution in [0.4, 0.5) is 4.79 Å². The van der Waals surface area contributed by atoms with Gasteiger partial charge in [0.15, 0.2) is 0 Å². The van der Waals surface area contributed by atoms with Gasteiger partial charge in [-0.15, -0.1) is 11.8 Å². The maximum atomic E-state index is 12.6. The smallest absolute Gasteiger partial charge is 0.319 e. The molecule has 2 atom stereocenters. The number of hydrogen-bond donors (Lipinski definition) is 0. The monoisotopic (exact) mass is 290 g/mol. The maximum absolute atomic E-state index is 12.6. The molecule has 1 aromatic carbocycles. The molecule has 0 N–H and O–H groups in total. The summed E-state index contributed by atoms with van der Waals surface area (Å²) in [5, 5.41) is 0.395. The zero-order valence-electron chi connectivity index (χ0n) is 12.0. The molecule has 4 heteroatoms. The van der Waals surface area contributed by atoms with Crippen molar-refractivity contribution in [3.8, 4) is 0 Å². The van der Waals surface area contributed by atoms with E-state index in [1.165, 1.54) is 17.7 Å². The zero-order valence-corrected chi connectivity index (χ0v) is 12.8. The fraction of sp³-hybridized carbons (Fsp3) is 0.562. The summed E-state index contributed by atoms with van der Waals surface area (Å²) in [6, 6.07) is 10.5. The highest BCUT2D eigenvalue weighted by atomic mass is 32.2. The largest absolute Gasteiger partial charge is 0.321 e. The number of amides is 2. The number of urea groups is 1. The molecule has 0 saturated carbocycles. The highest BCUT2D eigenvalue weighted by Crippen LogP contribution is 2.33. The molecule has 20 heavy (non-hydrogen) atoms. The molecule has 1 aromatic rings. The average molecular weight is 290 g/mol. The summed E-state index contributed by atoms with van der Waals surface area (Å²) in [6.45, 7) is 4.79. The molecule has 0 radical (unpaired) electrons. The van der Waals surface area contributed by atoms with Crippen molar-refractivity contribution in [1.29, 1.82) is 0 Å². The molecule has 2 saturated heterocycles. The zero-order chi connectivity index (χ0) is 13.9. The van der Waals surface area contributed by atoms with Crippen LogP contribution in [0.5, 0.6) is 0 Å². The summed E-state index contributed by atoms with van der Waals surface area (Å²) in [5.41, 5.74) is 1.22. The Hall–Kier alpha value is -1.16. The van der Waals surface area contributed by atoms with Crippen molar-refractivity contribution >= 4 is 17.8 Å². The normalized spacial score (nSPS) is 27.1. The van der Waals surface area contributed by atoms with Crippen molar-refractivity contribution < 1.29 is 4.79 Å². The molecule has 0 spiro atoms. The molecule has 2 amide bonds. The molecule has 108 valence electrons. The SMILES string of the molecule is CC1CCSC(N2CCN(Cc3ccccc3)C2=O)C1. The molecule has 2 aliphatic rings. The standard InChI is InChI=1S/C16H22N2OS/c1-13-7-10-20-15(11-13)18-9-8-17(16(18)19)12-14-5-3-2-4-6-14/h2-6,13,15H,7-12H2,1H3. The summed E-state index contributed by atoms with van der Waals surface area (Å²) in [4.78, 5) is 16.6. The lowest BCUT2D eigenvalue weighted by molar-refractivity contribution is 0.183. The van der Waals surface area contributed by atoms with Crippen molar-refractivity contribution in [2.75, 3.05) is 18.8 Å². The Kier molecular flexibility index (Phi) is 4.20. The number of benzene rings is 1. The van der Waals surface area contributed by atoms with Crippen LogP contribution in [0.3, 0.4) is 0 Å². The topological polar surface area (TPSA) is 23.6 Å². The van der Waals surface area contributed by atoms with E-state index in [9.17, 15) is 4.79 Å². The van der Waals surface area contributed by atoms with Crippen LogP contribution in [0.25, 0.3) is 0 Å². The molecule has 2 aliphatic heterocycles. The second-order valence-electron chi connectivity index (χ2n) is 5.84. The number of rotatable bonds is 3. The quantitative estimate of drug-likeness (QED) is 0.851. The minimum atomic E-state index is 0.223. The lowest BCUT2D eigenvalue weighted by atomic mass is 10.0. The highest BCUT2D eigenvalue weighted by molar-refractivity contribution is 7.99. The van der Waals surface area contributed by atoms with E-state index in [-0.39, 0.29) is 6.03 Å². The van der Waals surface area contributed by atoms with E-state index in [0.717, 1.165) is 32.0 Å². The van der Waals surface area contributed by atoms with E-state index in [2.05, 4.69) is 24.0 Å². The van der Waals surface area contributed by atoms with Gasteiger partial charge in [0.05, 0.1) is 5.37 Å². The first-order valence-corrected chi connectivity index (χ1v) is 8.50. The molecule has 3 rings (SSSR count). The Morgan fingerprint density at radius 3 is 2.80 bits per heavy atom. The van der Waals surface area contributed by atoms with E-state index >= 15 is 0 Å². The Bertz CT molecular complexity index is 465. The summed E-state index contributed by atoms with van der Waals surface area (Å²) in [7, 11) is 0. The molecule has 3 nitrogen and oxygen atoms in total. The van der Waals surface area contributed by atoms with Crippen LogP contribution in [0.2, 0.25) is 0 Å². The van der Waals surface area contributed by atoms with Crippen molar-refractivity contribution in [1.82, 2.24) is 9.80 Å². The van der Waals surface area contributed by atoms with Gasteiger partial charge in [-0.1, -0.05) is 37.3 Å². The first-order valence-electron chi connectivity index (χ1n) is 7.45. The van der Waals surface area contributed by atoms with Gasteiger partial charge in [0.25, 0.3) is 0 Å². The molecule has 0 bridgehead atoms. The van der Waals surface area contributed by atoms with Crippen molar-refractivity contribution in [3.05, 3.63) is 35.9 Å². The average Bonchev–Trinajstić information content (AvgIpc) is 2.81. The third-order valence-electron chi connectivity index (χ3n) is 4.22. The summed E-state index contributed by atoms with van der Waals surface area (Å²) >= 11 is 1.95. The van der Waals surface area contributed by atoms with Crippen LogP contribution in [0, 0.1) is 5.92 Å². The van der Waals surface area contributed by atoms with Crippen molar-refractivity contribution in [3.63, 3.8) is 0 Å². The molecule has 2 unspecified atom stereocenters. The van der Waals surface area contributed by atoms with Gasteiger partial charge < -0.3 is 9.80 Å². The summed E-state index contributed by atoms with van der Waals surface area (Å²) in [6.07, 6.45) is 2.44. The van der Waals surface area contributed by atoms with Gasteiger partial charge in [0.2, 0.25) is 0 Å². The van der Waals surface area contributed by atoms with E-state index in [0.29, 0.717) is 5.37 Å². The maximum Gasteiger partial charge on any atom is 0.321 e. The van der Waals surface area contributed by atoms with Gasteiger partial charge in [0.1, 0.15) is 0 Å². The van der Waals surface area contributed by atoms with Crippen LogP contribution >= 0.6 is 11.8 Å². The lowest BCUT2D eigenvalue weighted by Crippen LogP contribution is -2.39. The van der Waals surface area contributed by atoms with Crippen LogP contribution in [-0.4, -0.2) is 40.0 Å². The second-order valence-corrected chi connectivity index (χ2v) is 7.12. The van der Waals surface area contributed by atoms with Crippen molar-refractivity contribution in [2.45, 2.75) is 31.7 Å². The van der Waals surface area contributed by atoms with Crippen LogP contribution < -0.4 is 0 Å². The van der Waals surface area contributed by atoms with Gasteiger partial charge >= 0.3 is 6.03 Å². The Morgan fingerprint density at radius 2 is 2.05 bits per heavy atom. The second kappa shape index (κ2) is 6.08. The first kappa shape index (κ1) is 13.8. The predicted octanol–water partition coefficient (Wildman–Crippen LogP) is 3.41. The molecule has 0 aromatic heterocycles. The van der Waals surface area contributed by atoms with Gasteiger partial charge in [-0.3, -0.25) is 0 Å². The van der Waals surface area contributed by atoms with Crippen LogP contribution in [-0.2, 0) is 6.54 Å². The number of hydrogen-bond acceptors (Lipinski definition) is 2. The van der Waals surface area contributed by atoms with E-state index in [1.807, 2.05) is 34.9 Å². The number of thioether (sulfide) groups is 1. The van der Waals surface area contributed by atoms with Crippen LogP contribution in [0.15, 0.2) is 30.3 Å². The van der Waals surface area contributed by atoms with Crippen LogP contribution in [0.1, 0.15) is 25.3 Å². The lowest BCUT2D eigenvalue weighted by Gasteiger charge is -2.33. The van der Waals surface area contributed by atoms with Gasteiger partial charge in [-0.2, -0.15) is 0 Å². The predicted molar refractivity (Wildman–Crippen MR) is 83.6 cm³/mol. The highest BCUT2D eigenvalue weighted by Gasteiger charge is 2.35. The molecular weight excluding hydrogens is 268 g/mol.